The number of morpholine rings is 1. The summed E-state index contributed by atoms with van der Waals surface area (Å²) in [4.78, 5) is 18.5. The number of phenols is 1. The van der Waals surface area contributed by atoms with E-state index in [0.29, 0.717) is 32.1 Å². The Labute approximate surface area is 207 Å². The number of hydrogen-bond donors (Lipinski definition) is 3. The number of halogens is 1. The van der Waals surface area contributed by atoms with Crippen molar-refractivity contribution in [3.63, 3.8) is 0 Å². The molecule has 0 amide bonds. The van der Waals surface area contributed by atoms with Crippen molar-refractivity contribution in [2.75, 3.05) is 41.8 Å². The number of aromatic nitrogens is 3. The van der Waals surface area contributed by atoms with E-state index >= 15 is 0 Å². The Morgan fingerprint density at radius 2 is 1.75 bits per heavy atom. The Kier molecular flexibility index (Phi) is 6.95. The largest absolute Gasteiger partial charge is 0.508 e. The number of rotatable bonds is 7. The maximum atomic E-state index is 14.1. The molecule has 0 radical (unpaired) electrons. The van der Waals surface area contributed by atoms with Gasteiger partial charge in [-0.15, -0.1) is 0 Å². The van der Waals surface area contributed by atoms with Gasteiger partial charge in [0, 0.05) is 18.8 Å². The Hall–Kier alpha value is -4.57. The predicted octanol–water partition coefficient (Wildman–Crippen LogP) is 4.74. The summed E-state index contributed by atoms with van der Waals surface area (Å²) in [5.41, 5.74) is 3.69. The molecule has 0 bridgehead atoms. The Balaban J connectivity index is 1.18. The second-order valence-corrected chi connectivity index (χ2v) is 8.03. The zero-order valence-corrected chi connectivity index (χ0v) is 19.3. The minimum atomic E-state index is -0.484. The molecule has 182 valence electrons. The Bertz CT molecular complexity index is 1340. The van der Waals surface area contributed by atoms with E-state index in [9.17, 15) is 9.50 Å². The van der Waals surface area contributed by atoms with Gasteiger partial charge in [-0.25, -0.2) is 19.4 Å². The standard InChI is InChI=1S/C26H24FN7O2/c27-23-16-29-26(33-25(23)34-10-12-36-13-11-34)31-17-30-24-9-8-21(15-28-24)32-20-6-4-18(5-7-20)19-2-1-3-22(35)14-19/h1-9,14-17,32,35H,10-13H2,(H,28,29,30,31,33). The molecule has 5 rings (SSSR count). The summed E-state index contributed by atoms with van der Waals surface area (Å²) < 4.78 is 19.5. The van der Waals surface area contributed by atoms with Crippen LogP contribution in [0, 0.1) is 5.82 Å². The van der Waals surface area contributed by atoms with Crippen molar-refractivity contribution >= 4 is 35.3 Å². The zero-order chi connectivity index (χ0) is 24.7. The normalized spacial score (nSPS) is 13.6. The van der Waals surface area contributed by atoms with Crippen LogP contribution in [0.3, 0.4) is 0 Å². The number of aliphatic imine (C=N–C) groups is 1. The predicted molar refractivity (Wildman–Crippen MR) is 138 cm³/mol. The van der Waals surface area contributed by atoms with Crippen LogP contribution in [-0.4, -0.2) is 52.7 Å². The van der Waals surface area contributed by atoms with Gasteiger partial charge in [-0.2, -0.15) is 4.98 Å². The van der Waals surface area contributed by atoms with Gasteiger partial charge in [-0.3, -0.25) is 0 Å². The quantitative estimate of drug-likeness (QED) is 0.255. The smallest absolute Gasteiger partial charge is 0.252 e. The molecule has 2 aromatic heterocycles. The van der Waals surface area contributed by atoms with E-state index in [1.807, 2.05) is 47.4 Å². The van der Waals surface area contributed by atoms with Crippen LogP contribution >= 0.6 is 0 Å². The molecule has 0 saturated carbocycles. The first kappa shape index (κ1) is 23.2. The first-order valence-corrected chi connectivity index (χ1v) is 11.4. The van der Waals surface area contributed by atoms with Crippen molar-refractivity contribution in [1.29, 1.82) is 0 Å². The first-order valence-electron chi connectivity index (χ1n) is 11.4. The van der Waals surface area contributed by atoms with Gasteiger partial charge in [0.1, 0.15) is 11.6 Å². The number of phenolic OH excluding ortho intramolecular Hbond substituents is 1. The van der Waals surface area contributed by atoms with E-state index in [0.717, 1.165) is 28.7 Å². The molecule has 3 N–H and O–H groups in total. The highest BCUT2D eigenvalue weighted by molar-refractivity contribution is 5.76. The van der Waals surface area contributed by atoms with Crippen molar-refractivity contribution in [1.82, 2.24) is 15.0 Å². The van der Waals surface area contributed by atoms with Gasteiger partial charge in [-0.05, 0) is 47.5 Å². The highest BCUT2D eigenvalue weighted by atomic mass is 19.1. The maximum Gasteiger partial charge on any atom is 0.252 e. The summed E-state index contributed by atoms with van der Waals surface area (Å²) in [5, 5.41) is 15.9. The summed E-state index contributed by atoms with van der Waals surface area (Å²) in [5.74, 6) is 0.714. The summed E-state index contributed by atoms with van der Waals surface area (Å²) in [7, 11) is 0. The first-order chi connectivity index (χ1) is 17.6. The minimum Gasteiger partial charge on any atom is -0.508 e. The van der Waals surface area contributed by atoms with Gasteiger partial charge >= 0.3 is 0 Å². The van der Waals surface area contributed by atoms with Gasteiger partial charge in [0.05, 0.1) is 37.6 Å². The van der Waals surface area contributed by atoms with Crippen LogP contribution in [0.5, 0.6) is 5.75 Å². The molecular weight excluding hydrogens is 461 g/mol. The molecule has 9 nitrogen and oxygen atoms in total. The van der Waals surface area contributed by atoms with Crippen LogP contribution in [0.1, 0.15) is 0 Å². The SMILES string of the molecule is Oc1cccc(-c2ccc(Nc3ccc(NC=Nc4ncc(F)c(N5CCOCC5)n4)nc3)cc2)c1. The lowest BCUT2D eigenvalue weighted by Crippen LogP contribution is -2.37. The number of hydrogen-bond acceptors (Lipinski definition) is 8. The molecule has 2 aromatic carbocycles. The monoisotopic (exact) mass is 485 g/mol. The Morgan fingerprint density at radius 1 is 0.944 bits per heavy atom. The third-order valence-electron chi connectivity index (χ3n) is 5.53. The van der Waals surface area contributed by atoms with Crippen LogP contribution in [0.4, 0.5) is 33.3 Å². The molecule has 1 aliphatic rings. The molecule has 10 heteroatoms. The maximum absolute atomic E-state index is 14.1. The average molecular weight is 486 g/mol. The fourth-order valence-electron chi connectivity index (χ4n) is 3.72. The Morgan fingerprint density at radius 3 is 2.50 bits per heavy atom. The lowest BCUT2D eigenvalue weighted by molar-refractivity contribution is 0.122. The molecule has 1 saturated heterocycles. The number of aromatic hydroxyl groups is 1. The highest BCUT2D eigenvalue weighted by Crippen LogP contribution is 2.26. The van der Waals surface area contributed by atoms with Crippen molar-refractivity contribution in [2.24, 2.45) is 4.99 Å². The molecule has 3 heterocycles. The number of anilines is 4. The van der Waals surface area contributed by atoms with Crippen molar-refractivity contribution in [2.45, 2.75) is 0 Å². The van der Waals surface area contributed by atoms with Gasteiger partial charge < -0.3 is 25.4 Å². The van der Waals surface area contributed by atoms with E-state index in [1.165, 1.54) is 6.34 Å². The molecule has 0 aliphatic carbocycles. The molecule has 0 spiro atoms. The third kappa shape index (κ3) is 5.73. The van der Waals surface area contributed by atoms with Gasteiger partial charge in [-0.1, -0.05) is 24.3 Å². The molecule has 0 atom stereocenters. The van der Waals surface area contributed by atoms with E-state index in [1.54, 1.807) is 24.4 Å². The average Bonchev–Trinajstić information content (AvgIpc) is 2.91. The third-order valence-corrected chi connectivity index (χ3v) is 5.53. The summed E-state index contributed by atoms with van der Waals surface area (Å²) in [6.07, 6.45) is 4.25. The lowest BCUT2D eigenvalue weighted by atomic mass is 10.1. The number of nitrogens with zero attached hydrogens (tertiary/aromatic N) is 5. The number of ether oxygens (including phenoxy) is 1. The molecule has 36 heavy (non-hydrogen) atoms. The minimum absolute atomic E-state index is 0.151. The topological polar surface area (TPSA) is 108 Å². The van der Waals surface area contributed by atoms with Crippen LogP contribution < -0.4 is 15.5 Å². The highest BCUT2D eigenvalue weighted by Gasteiger charge is 2.17. The zero-order valence-electron chi connectivity index (χ0n) is 19.3. The molecule has 1 aliphatic heterocycles. The van der Waals surface area contributed by atoms with Gasteiger partial charge in [0.25, 0.3) is 5.95 Å². The van der Waals surface area contributed by atoms with Crippen molar-refractivity contribution in [3.05, 3.63) is 78.9 Å². The lowest BCUT2D eigenvalue weighted by Gasteiger charge is -2.27. The summed E-state index contributed by atoms with van der Waals surface area (Å²) in [6.45, 7) is 2.21. The van der Waals surface area contributed by atoms with Gasteiger partial charge in [0.15, 0.2) is 11.6 Å². The summed E-state index contributed by atoms with van der Waals surface area (Å²) >= 11 is 0. The van der Waals surface area contributed by atoms with Crippen LogP contribution in [0.15, 0.2) is 78.0 Å². The van der Waals surface area contributed by atoms with Gasteiger partial charge in [0.2, 0.25) is 0 Å². The van der Waals surface area contributed by atoms with Crippen LogP contribution in [0.2, 0.25) is 0 Å². The number of benzene rings is 2. The molecule has 0 unspecified atom stereocenters. The summed E-state index contributed by atoms with van der Waals surface area (Å²) in [6, 6.07) is 18.7. The van der Waals surface area contributed by atoms with Crippen molar-refractivity contribution in [3.8, 4) is 16.9 Å². The molecule has 1 fully saturated rings. The molecular formula is C26H24FN7O2. The van der Waals surface area contributed by atoms with E-state index in [2.05, 4.69) is 30.6 Å². The fourth-order valence-corrected chi connectivity index (χ4v) is 3.72. The van der Waals surface area contributed by atoms with E-state index in [-0.39, 0.29) is 17.5 Å². The van der Waals surface area contributed by atoms with Crippen molar-refractivity contribution < 1.29 is 14.2 Å². The van der Waals surface area contributed by atoms with Crippen LogP contribution in [0.25, 0.3) is 11.1 Å². The second-order valence-electron chi connectivity index (χ2n) is 8.03. The van der Waals surface area contributed by atoms with E-state index in [4.69, 9.17) is 4.74 Å². The fraction of sp³-hybridized carbons (Fsp3) is 0.154. The number of nitrogens with one attached hydrogen (secondary N) is 2. The number of pyridine rings is 1. The second kappa shape index (κ2) is 10.8. The van der Waals surface area contributed by atoms with E-state index < -0.39 is 5.82 Å². The molecule has 4 aromatic rings. The van der Waals surface area contributed by atoms with Crippen LogP contribution in [-0.2, 0) is 4.74 Å².